The predicted octanol–water partition coefficient (Wildman–Crippen LogP) is 0.799. The molecule has 0 aromatic carbocycles. The van der Waals surface area contributed by atoms with Crippen molar-refractivity contribution in [3.8, 4) is 0 Å². The van der Waals surface area contributed by atoms with Crippen LogP contribution in [0.5, 0.6) is 0 Å². The Labute approximate surface area is 96.9 Å². The first-order valence-electron chi connectivity index (χ1n) is 6.32. The minimum Gasteiger partial charge on any atom is -0.378 e. The Morgan fingerprint density at radius 3 is 2.81 bits per heavy atom. The van der Waals surface area contributed by atoms with E-state index in [9.17, 15) is 4.79 Å². The van der Waals surface area contributed by atoms with Crippen LogP contribution >= 0.6 is 0 Å². The van der Waals surface area contributed by atoms with Crippen molar-refractivity contribution in [2.75, 3.05) is 13.2 Å². The van der Waals surface area contributed by atoms with Gasteiger partial charge in [-0.3, -0.25) is 4.79 Å². The molecule has 2 atom stereocenters. The zero-order valence-electron chi connectivity index (χ0n) is 10.00. The van der Waals surface area contributed by atoms with Crippen molar-refractivity contribution in [1.82, 2.24) is 5.32 Å². The van der Waals surface area contributed by atoms with E-state index < -0.39 is 0 Å². The lowest BCUT2D eigenvalue weighted by Gasteiger charge is -2.61. The van der Waals surface area contributed by atoms with E-state index in [0.717, 1.165) is 13.0 Å². The Kier molecular flexibility index (Phi) is 3.50. The summed E-state index contributed by atoms with van der Waals surface area (Å²) in [7, 11) is 0. The number of hydrogen-bond acceptors (Lipinski definition) is 3. The van der Waals surface area contributed by atoms with E-state index in [2.05, 4.69) is 12.2 Å². The van der Waals surface area contributed by atoms with Crippen molar-refractivity contribution in [2.45, 2.75) is 51.2 Å². The van der Waals surface area contributed by atoms with Gasteiger partial charge < -0.3 is 15.8 Å². The smallest absolute Gasteiger partial charge is 0.218 e. The highest BCUT2D eigenvalue weighted by Gasteiger charge is 2.58. The van der Waals surface area contributed by atoms with Gasteiger partial charge in [0.1, 0.15) is 0 Å². The highest BCUT2D eigenvalue weighted by atomic mass is 16.5. The van der Waals surface area contributed by atoms with Gasteiger partial charge >= 0.3 is 0 Å². The number of carbonyl (C=O) groups is 1. The molecule has 3 N–H and O–H groups in total. The lowest BCUT2D eigenvalue weighted by atomic mass is 9.51. The Morgan fingerprint density at radius 2 is 2.31 bits per heavy atom. The third kappa shape index (κ3) is 1.96. The fourth-order valence-electron chi connectivity index (χ4n) is 3.09. The number of carbonyl (C=O) groups excluding carboxylic acids is 1. The standard InChI is InChI=1S/C12H22N2O2/c1-2-16-10-8-9(12(10)5-3-6-12)14-7-4-11(13)15/h9-10,14H,2-8H2,1H3,(H2,13,15). The Hall–Kier alpha value is -0.610. The maximum absolute atomic E-state index is 10.7. The van der Waals surface area contributed by atoms with Crippen LogP contribution in [0.15, 0.2) is 0 Å². The van der Waals surface area contributed by atoms with Gasteiger partial charge in [0.2, 0.25) is 5.91 Å². The number of hydrogen-bond donors (Lipinski definition) is 2. The van der Waals surface area contributed by atoms with E-state index in [1.807, 2.05) is 0 Å². The molecule has 16 heavy (non-hydrogen) atoms. The van der Waals surface area contributed by atoms with Crippen LogP contribution in [0, 0.1) is 5.41 Å². The van der Waals surface area contributed by atoms with Crippen LogP contribution in [0.1, 0.15) is 39.0 Å². The van der Waals surface area contributed by atoms with Gasteiger partial charge in [-0.15, -0.1) is 0 Å². The number of nitrogens with one attached hydrogen (secondary N) is 1. The first-order chi connectivity index (χ1) is 7.69. The van der Waals surface area contributed by atoms with Gasteiger partial charge in [-0.25, -0.2) is 0 Å². The molecule has 2 aliphatic rings. The Morgan fingerprint density at radius 1 is 1.56 bits per heavy atom. The molecule has 0 bridgehead atoms. The molecule has 4 nitrogen and oxygen atoms in total. The number of ether oxygens (including phenoxy) is 1. The van der Waals surface area contributed by atoms with Crippen molar-refractivity contribution < 1.29 is 9.53 Å². The van der Waals surface area contributed by atoms with E-state index in [1.54, 1.807) is 0 Å². The van der Waals surface area contributed by atoms with E-state index in [4.69, 9.17) is 10.5 Å². The molecule has 2 unspecified atom stereocenters. The van der Waals surface area contributed by atoms with Crippen molar-refractivity contribution in [2.24, 2.45) is 11.1 Å². The molecule has 2 fully saturated rings. The van der Waals surface area contributed by atoms with Crippen molar-refractivity contribution in [3.63, 3.8) is 0 Å². The van der Waals surface area contributed by atoms with Gasteiger partial charge in [-0.05, 0) is 26.2 Å². The molecular formula is C12H22N2O2. The molecule has 92 valence electrons. The van der Waals surface area contributed by atoms with Gasteiger partial charge in [0.15, 0.2) is 0 Å². The number of rotatable bonds is 6. The molecular weight excluding hydrogens is 204 g/mol. The number of nitrogens with two attached hydrogens (primary N) is 1. The fraction of sp³-hybridized carbons (Fsp3) is 0.917. The molecule has 0 aromatic rings. The maximum Gasteiger partial charge on any atom is 0.218 e. The average molecular weight is 226 g/mol. The summed E-state index contributed by atoms with van der Waals surface area (Å²) < 4.78 is 5.76. The van der Waals surface area contributed by atoms with Crippen molar-refractivity contribution >= 4 is 5.91 Å². The normalized spacial score (nSPS) is 30.8. The second-order valence-corrected chi connectivity index (χ2v) is 4.99. The predicted molar refractivity (Wildman–Crippen MR) is 61.9 cm³/mol. The van der Waals surface area contributed by atoms with Crippen LogP contribution in [0.2, 0.25) is 0 Å². The van der Waals surface area contributed by atoms with Crippen LogP contribution in [-0.2, 0) is 9.53 Å². The van der Waals surface area contributed by atoms with Crippen LogP contribution < -0.4 is 11.1 Å². The molecule has 1 amide bonds. The third-order valence-corrected chi connectivity index (χ3v) is 4.20. The molecule has 2 saturated carbocycles. The first-order valence-corrected chi connectivity index (χ1v) is 6.32. The Bertz CT molecular complexity index is 264. The first kappa shape index (κ1) is 11.9. The molecule has 2 rings (SSSR count). The number of amides is 1. The van der Waals surface area contributed by atoms with Gasteiger partial charge in [0.05, 0.1) is 6.10 Å². The SMILES string of the molecule is CCOC1CC(NCCC(N)=O)C12CCC2. The zero-order valence-corrected chi connectivity index (χ0v) is 10.00. The van der Waals surface area contributed by atoms with Crippen molar-refractivity contribution in [3.05, 3.63) is 0 Å². The monoisotopic (exact) mass is 226 g/mol. The van der Waals surface area contributed by atoms with Crippen molar-refractivity contribution in [1.29, 1.82) is 0 Å². The zero-order chi connectivity index (χ0) is 11.6. The van der Waals surface area contributed by atoms with Gasteiger partial charge in [0.25, 0.3) is 0 Å². The fourth-order valence-corrected chi connectivity index (χ4v) is 3.09. The van der Waals surface area contributed by atoms with Gasteiger partial charge in [0, 0.05) is 31.0 Å². The average Bonchev–Trinajstić information content (AvgIpc) is 2.12. The van der Waals surface area contributed by atoms with E-state index in [-0.39, 0.29) is 5.91 Å². The molecule has 0 aromatic heterocycles. The second kappa shape index (κ2) is 4.72. The van der Waals surface area contributed by atoms with Crippen LogP contribution in [0.4, 0.5) is 0 Å². The summed E-state index contributed by atoms with van der Waals surface area (Å²) >= 11 is 0. The molecule has 0 heterocycles. The second-order valence-electron chi connectivity index (χ2n) is 4.99. The quantitative estimate of drug-likeness (QED) is 0.704. The van der Waals surface area contributed by atoms with Crippen LogP contribution in [-0.4, -0.2) is 31.2 Å². The molecule has 0 radical (unpaired) electrons. The summed E-state index contributed by atoms with van der Waals surface area (Å²) in [5.74, 6) is -0.226. The summed E-state index contributed by atoms with van der Waals surface area (Å²) in [4.78, 5) is 10.7. The molecule has 2 aliphatic carbocycles. The lowest BCUT2D eigenvalue weighted by molar-refractivity contribution is -0.172. The largest absolute Gasteiger partial charge is 0.378 e. The summed E-state index contributed by atoms with van der Waals surface area (Å²) in [6, 6.07) is 0.539. The number of primary amides is 1. The topological polar surface area (TPSA) is 64.3 Å². The summed E-state index contributed by atoms with van der Waals surface area (Å²) in [5.41, 5.74) is 5.51. The molecule has 4 heteroatoms. The minimum atomic E-state index is -0.226. The molecule has 0 saturated heterocycles. The lowest BCUT2D eigenvalue weighted by Crippen LogP contribution is -2.67. The molecule has 0 aliphatic heterocycles. The summed E-state index contributed by atoms with van der Waals surface area (Å²) in [6.45, 7) is 3.57. The maximum atomic E-state index is 10.7. The van der Waals surface area contributed by atoms with Crippen LogP contribution in [0.3, 0.4) is 0 Å². The van der Waals surface area contributed by atoms with Gasteiger partial charge in [-0.2, -0.15) is 0 Å². The third-order valence-electron chi connectivity index (χ3n) is 4.20. The summed E-state index contributed by atoms with van der Waals surface area (Å²) in [6.07, 6.45) is 5.82. The highest BCUT2D eigenvalue weighted by molar-refractivity contribution is 5.73. The minimum absolute atomic E-state index is 0.226. The summed E-state index contributed by atoms with van der Waals surface area (Å²) in [5, 5.41) is 3.45. The van der Waals surface area contributed by atoms with E-state index in [1.165, 1.54) is 19.3 Å². The Balaban J connectivity index is 1.77. The van der Waals surface area contributed by atoms with Crippen LogP contribution in [0.25, 0.3) is 0 Å². The molecule has 1 spiro atoms. The van der Waals surface area contributed by atoms with E-state index >= 15 is 0 Å². The van der Waals surface area contributed by atoms with Gasteiger partial charge in [-0.1, -0.05) is 6.42 Å². The highest BCUT2D eigenvalue weighted by Crippen LogP contribution is 2.57. The van der Waals surface area contributed by atoms with E-state index in [0.29, 0.717) is 30.5 Å².